The second-order valence-electron chi connectivity index (χ2n) is 3.21. The Balaban J connectivity index is 2.40. The van der Waals surface area contributed by atoms with E-state index in [0.717, 1.165) is 19.6 Å². The second kappa shape index (κ2) is 4.07. The summed E-state index contributed by atoms with van der Waals surface area (Å²) in [5.41, 5.74) is 0. The van der Waals surface area contributed by atoms with Crippen LogP contribution < -0.4 is 0 Å². The van der Waals surface area contributed by atoms with Crippen molar-refractivity contribution in [2.75, 3.05) is 13.2 Å². The van der Waals surface area contributed by atoms with E-state index in [-0.39, 0.29) is 6.29 Å². The number of hydrogen-bond donors (Lipinski definition) is 0. The Morgan fingerprint density at radius 2 is 2.18 bits per heavy atom. The van der Waals surface area contributed by atoms with Gasteiger partial charge in [-0.15, -0.1) is 0 Å². The molecular formula is C9H18O2. The van der Waals surface area contributed by atoms with Gasteiger partial charge in [-0.2, -0.15) is 0 Å². The predicted octanol–water partition coefficient (Wildman–Crippen LogP) is 2.04. The number of hydrogen-bond acceptors (Lipinski definition) is 2. The van der Waals surface area contributed by atoms with Gasteiger partial charge in [0.2, 0.25) is 0 Å². The van der Waals surface area contributed by atoms with Crippen LogP contribution >= 0.6 is 0 Å². The second-order valence-corrected chi connectivity index (χ2v) is 3.21. The Kier molecular flexibility index (Phi) is 3.34. The molecule has 0 N–H and O–H groups in total. The van der Waals surface area contributed by atoms with Crippen LogP contribution in [0.15, 0.2) is 0 Å². The van der Waals surface area contributed by atoms with Gasteiger partial charge in [-0.25, -0.2) is 0 Å². The van der Waals surface area contributed by atoms with Crippen LogP contribution in [0.1, 0.15) is 27.2 Å². The molecule has 0 unspecified atom stereocenters. The minimum absolute atomic E-state index is 0.0694. The first kappa shape index (κ1) is 9.01. The van der Waals surface area contributed by atoms with Crippen molar-refractivity contribution in [3.63, 3.8) is 0 Å². The molecule has 1 fully saturated rings. The molecule has 66 valence electrons. The van der Waals surface area contributed by atoms with E-state index in [1.807, 2.05) is 6.92 Å². The van der Waals surface area contributed by atoms with Crippen molar-refractivity contribution in [3.05, 3.63) is 0 Å². The van der Waals surface area contributed by atoms with Crippen molar-refractivity contribution < 1.29 is 9.47 Å². The smallest absolute Gasteiger partial charge is 0.160 e. The van der Waals surface area contributed by atoms with Crippen LogP contribution in [-0.4, -0.2) is 19.5 Å². The van der Waals surface area contributed by atoms with Crippen LogP contribution in [0.3, 0.4) is 0 Å². The van der Waals surface area contributed by atoms with Crippen molar-refractivity contribution in [2.45, 2.75) is 33.5 Å². The highest BCUT2D eigenvalue weighted by Gasteiger charge is 2.33. The Labute approximate surface area is 68.9 Å². The maximum Gasteiger partial charge on any atom is 0.160 e. The first-order valence-corrected chi connectivity index (χ1v) is 4.52. The highest BCUT2D eigenvalue weighted by molar-refractivity contribution is 4.74. The summed E-state index contributed by atoms with van der Waals surface area (Å²) < 4.78 is 10.9. The quantitative estimate of drug-likeness (QED) is 0.625. The molecule has 2 heteroatoms. The summed E-state index contributed by atoms with van der Waals surface area (Å²) in [6.45, 7) is 8.06. The Morgan fingerprint density at radius 3 is 2.73 bits per heavy atom. The molecule has 1 saturated heterocycles. The molecule has 3 atom stereocenters. The lowest BCUT2D eigenvalue weighted by atomic mass is 9.94. The van der Waals surface area contributed by atoms with E-state index in [4.69, 9.17) is 9.47 Å². The lowest BCUT2D eigenvalue weighted by molar-refractivity contribution is -0.127. The fourth-order valence-corrected chi connectivity index (χ4v) is 1.69. The van der Waals surface area contributed by atoms with Crippen molar-refractivity contribution in [2.24, 2.45) is 11.8 Å². The van der Waals surface area contributed by atoms with Crippen LogP contribution in [0, 0.1) is 11.8 Å². The molecule has 0 aromatic heterocycles. The molecule has 0 aromatic carbocycles. The van der Waals surface area contributed by atoms with Gasteiger partial charge in [-0.3, -0.25) is 0 Å². The average Bonchev–Trinajstić information content (AvgIpc) is 2.33. The first-order chi connectivity index (χ1) is 5.29. The van der Waals surface area contributed by atoms with E-state index in [1.54, 1.807) is 0 Å². The third kappa shape index (κ3) is 1.94. The summed E-state index contributed by atoms with van der Waals surface area (Å²) in [6.07, 6.45) is 1.23. The molecule has 0 aliphatic carbocycles. The van der Waals surface area contributed by atoms with Crippen molar-refractivity contribution >= 4 is 0 Å². The predicted molar refractivity (Wildman–Crippen MR) is 44.3 cm³/mol. The highest BCUT2D eigenvalue weighted by Crippen LogP contribution is 2.29. The molecule has 0 bridgehead atoms. The summed E-state index contributed by atoms with van der Waals surface area (Å²) in [4.78, 5) is 0. The van der Waals surface area contributed by atoms with E-state index in [9.17, 15) is 0 Å². The lowest BCUT2D eigenvalue weighted by Gasteiger charge is -2.18. The summed E-state index contributed by atoms with van der Waals surface area (Å²) in [5.74, 6) is 1.27. The molecule has 1 aliphatic heterocycles. The minimum atomic E-state index is 0.0694. The maximum absolute atomic E-state index is 5.49. The van der Waals surface area contributed by atoms with E-state index in [0.29, 0.717) is 11.8 Å². The molecule has 2 nitrogen and oxygen atoms in total. The molecule has 1 rings (SSSR count). The van der Waals surface area contributed by atoms with Gasteiger partial charge in [-0.05, 0) is 19.3 Å². The standard InChI is InChI=1S/C9H18O2/c1-4-8-7(3)6-11-9(8)10-5-2/h7-9H,4-6H2,1-3H3/t7-,8-,9+/m1/s1. The van der Waals surface area contributed by atoms with E-state index < -0.39 is 0 Å². The molecule has 0 aromatic rings. The van der Waals surface area contributed by atoms with E-state index in [1.165, 1.54) is 0 Å². The van der Waals surface area contributed by atoms with Gasteiger partial charge in [-0.1, -0.05) is 13.8 Å². The summed E-state index contributed by atoms with van der Waals surface area (Å²) >= 11 is 0. The topological polar surface area (TPSA) is 18.5 Å². The van der Waals surface area contributed by atoms with Crippen LogP contribution in [0.25, 0.3) is 0 Å². The van der Waals surface area contributed by atoms with E-state index >= 15 is 0 Å². The fraction of sp³-hybridized carbons (Fsp3) is 1.00. The van der Waals surface area contributed by atoms with Crippen LogP contribution in [-0.2, 0) is 9.47 Å². The molecule has 11 heavy (non-hydrogen) atoms. The van der Waals surface area contributed by atoms with Gasteiger partial charge in [0.05, 0.1) is 6.61 Å². The van der Waals surface area contributed by atoms with Crippen LogP contribution in [0.4, 0.5) is 0 Å². The molecule has 1 heterocycles. The lowest BCUT2D eigenvalue weighted by Crippen LogP contribution is -2.21. The van der Waals surface area contributed by atoms with Gasteiger partial charge >= 0.3 is 0 Å². The zero-order valence-corrected chi connectivity index (χ0v) is 7.67. The van der Waals surface area contributed by atoms with E-state index in [2.05, 4.69) is 13.8 Å². The third-order valence-electron chi connectivity index (χ3n) is 2.41. The normalized spacial score (nSPS) is 37.9. The van der Waals surface area contributed by atoms with Gasteiger partial charge in [0, 0.05) is 12.5 Å². The minimum Gasteiger partial charge on any atom is -0.353 e. The number of ether oxygens (including phenoxy) is 2. The van der Waals surface area contributed by atoms with Crippen molar-refractivity contribution in [1.82, 2.24) is 0 Å². The zero-order valence-electron chi connectivity index (χ0n) is 7.67. The van der Waals surface area contributed by atoms with Gasteiger partial charge < -0.3 is 9.47 Å². The third-order valence-corrected chi connectivity index (χ3v) is 2.41. The monoisotopic (exact) mass is 158 g/mol. The summed E-state index contributed by atoms with van der Waals surface area (Å²) in [5, 5.41) is 0. The summed E-state index contributed by atoms with van der Waals surface area (Å²) in [7, 11) is 0. The zero-order chi connectivity index (χ0) is 8.27. The molecule has 0 radical (unpaired) electrons. The first-order valence-electron chi connectivity index (χ1n) is 4.52. The molecule has 0 saturated carbocycles. The highest BCUT2D eigenvalue weighted by atomic mass is 16.7. The van der Waals surface area contributed by atoms with Gasteiger partial charge in [0.25, 0.3) is 0 Å². The molecule has 1 aliphatic rings. The SMILES string of the molecule is CCO[C@H]1OC[C@@H](C)[C@H]1CC. The Bertz CT molecular complexity index is 112. The van der Waals surface area contributed by atoms with Crippen LogP contribution in [0.5, 0.6) is 0 Å². The maximum atomic E-state index is 5.49. The largest absolute Gasteiger partial charge is 0.353 e. The average molecular weight is 158 g/mol. The van der Waals surface area contributed by atoms with Crippen molar-refractivity contribution in [1.29, 1.82) is 0 Å². The fourth-order valence-electron chi connectivity index (χ4n) is 1.69. The Morgan fingerprint density at radius 1 is 1.45 bits per heavy atom. The van der Waals surface area contributed by atoms with Crippen molar-refractivity contribution in [3.8, 4) is 0 Å². The molecule has 0 amide bonds. The Hall–Kier alpha value is -0.0800. The number of rotatable bonds is 3. The van der Waals surface area contributed by atoms with Crippen LogP contribution in [0.2, 0.25) is 0 Å². The molecule has 0 spiro atoms. The summed E-state index contributed by atoms with van der Waals surface area (Å²) in [6, 6.07) is 0. The molecular weight excluding hydrogens is 140 g/mol. The van der Waals surface area contributed by atoms with Gasteiger partial charge in [0.15, 0.2) is 6.29 Å². The van der Waals surface area contributed by atoms with Gasteiger partial charge in [0.1, 0.15) is 0 Å².